The van der Waals surface area contributed by atoms with Crippen molar-refractivity contribution in [3.05, 3.63) is 23.8 Å². The Balaban J connectivity index is 2.99. The zero-order chi connectivity index (χ0) is 13.7. The largest absolute Gasteiger partial charge is 0.398 e. The van der Waals surface area contributed by atoms with Gasteiger partial charge >= 0.3 is 0 Å². The van der Waals surface area contributed by atoms with Crippen LogP contribution in [-0.2, 0) is 0 Å². The van der Waals surface area contributed by atoms with Crippen LogP contribution in [0.1, 0.15) is 19.4 Å². The zero-order valence-corrected chi connectivity index (χ0v) is 11.6. The normalized spacial score (nSPS) is 12.2. The standard InChI is InChI=1S/C14H22N4/c1-5-18(11(2)10-17(3)4)13-6-7-14(16)12(8-13)9-15/h6-8,11H,5,10,16H2,1-4H3. The first-order chi connectivity index (χ1) is 8.49. The minimum Gasteiger partial charge on any atom is -0.398 e. The number of nitrogens with zero attached hydrogens (tertiary/aromatic N) is 3. The molecule has 1 atom stereocenters. The molecule has 0 saturated carbocycles. The monoisotopic (exact) mass is 246 g/mol. The molecule has 4 heteroatoms. The van der Waals surface area contributed by atoms with Crippen LogP contribution in [0.5, 0.6) is 0 Å². The summed E-state index contributed by atoms with van der Waals surface area (Å²) in [6.07, 6.45) is 0. The lowest BCUT2D eigenvalue weighted by Crippen LogP contribution is -2.40. The Morgan fingerprint density at radius 3 is 2.56 bits per heavy atom. The molecule has 0 aliphatic heterocycles. The van der Waals surface area contributed by atoms with Gasteiger partial charge in [-0.2, -0.15) is 5.26 Å². The van der Waals surface area contributed by atoms with Crippen LogP contribution in [0.15, 0.2) is 18.2 Å². The van der Waals surface area contributed by atoms with Crippen molar-refractivity contribution in [3.8, 4) is 6.07 Å². The Kier molecular flexibility index (Phi) is 4.99. The van der Waals surface area contributed by atoms with E-state index >= 15 is 0 Å². The highest BCUT2D eigenvalue weighted by molar-refractivity contribution is 5.63. The topological polar surface area (TPSA) is 56.3 Å². The van der Waals surface area contributed by atoms with Gasteiger partial charge in [-0.25, -0.2) is 0 Å². The highest BCUT2D eigenvalue weighted by Crippen LogP contribution is 2.22. The lowest BCUT2D eigenvalue weighted by atomic mass is 10.1. The van der Waals surface area contributed by atoms with E-state index in [9.17, 15) is 0 Å². The summed E-state index contributed by atoms with van der Waals surface area (Å²) < 4.78 is 0. The van der Waals surface area contributed by atoms with E-state index < -0.39 is 0 Å². The third-order valence-electron chi connectivity index (χ3n) is 2.99. The fourth-order valence-corrected chi connectivity index (χ4v) is 2.20. The molecule has 1 rings (SSSR count). The molecule has 1 aromatic rings. The number of rotatable bonds is 5. The van der Waals surface area contributed by atoms with Crippen molar-refractivity contribution >= 4 is 11.4 Å². The molecule has 0 bridgehead atoms. The van der Waals surface area contributed by atoms with Gasteiger partial charge in [0.1, 0.15) is 6.07 Å². The molecule has 4 nitrogen and oxygen atoms in total. The quantitative estimate of drug-likeness (QED) is 0.806. The van der Waals surface area contributed by atoms with Crippen molar-refractivity contribution in [1.29, 1.82) is 5.26 Å². The van der Waals surface area contributed by atoms with Crippen molar-refractivity contribution in [2.24, 2.45) is 0 Å². The molecule has 0 radical (unpaired) electrons. The average molecular weight is 246 g/mol. The summed E-state index contributed by atoms with van der Waals surface area (Å²) in [6.45, 7) is 6.18. The summed E-state index contributed by atoms with van der Waals surface area (Å²) in [6, 6.07) is 8.17. The lowest BCUT2D eigenvalue weighted by molar-refractivity contribution is 0.373. The van der Waals surface area contributed by atoms with Crippen LogP contribution < -0.4 is 10.6 Å². The summed E-state index contributed by atoms with van der Waals surface area (Å²) >= 11 is 0. The molecule has 1 aromatic carbocycles. The predicted octanol–water partition coefficient (Wildman–Crippen LogP) is 1.92. The number of nitrogen functional groups attached to an aromatic ring is 1. The number of likely N-dealkylation sites (N-methyl/N-ethyl adjacent to an activating group) is 2. The number of nitriles is 1. The molecule has 0 aromatic heterocycles. The Labute approximate surface area is 110 Å². The average Bonchev–Trinajstić information content (AvgIpc) is 2.31. The molecule has 0 heterocycles. The van der Waals surface area contributed by atoms with E-state index in [0.717, 1.165) is 18.8 Å². The van der Waals surface area contributed by atoms with Gasteiger partial charge in [0, 0.05) is 30.5 Å². The maximum atomic E-state index is 9.02. The predicted molar refractivity (Wildman–Crippen MR) is 76.6 cm³/mol. The van der Waals surface area contributed by atoms with Gasteiger partial charge in [-0.05, 0) is 46.1 Å². The van der Waals surface area contributed by atoms with Crippen LogP contribution in [0.2, 0.25) is 0 Å². The second-order valence-corrected chi connectivity index (χ2v) is 4.78. The first-order valence-corrected chi connectivity index (χ1v) is 6.20. The molecule has 2 N–H and O–H groups in total. The van der Waals surface area contributed by atoms with E-state index in [2.05, 4.69) is 43.8 Å². The van der Waals surface area contributed by atoms with E-state index in [-0.39, 0.29) is 0 Å². The minimum atomic E-state index is 0.389. The molecule has 0 fully saturated rings. The third kappa shape index (κ3) is 3.38. The summed E-state index contributed by atoms with van der Waals surface area (Å²) in [5.74, 6) is 0. The Morgan fingerprint density at radius 1 is 1.39 bits per heavy atom. The Bertz CT molecular complexity index is 434. The molecule has 0 aliphatic rings. The number of nitrogens with two attached hydrogens (primary N) is 1. The fraction of sp³-hybridized carbons (Fsp3) is 0.500. The Morgan fingerprint density at radius 2 is 2.06 bits per heavy atom. The molecule has 0 saturated heterocycles. The number of hydrogen-bond donors (Lipinski definition) is 1. The van der Waals surface area contributed by atoms with Crippen LogP contribution in [0, 0.1) is 11.3 Å². The van der Waals surface area contributed by atoms with Crippen LogP contribution in [-0.4, -0.2) is 38.1 Å². The molecular weight excluding hydrogens is 224 g/mol. The van der Waals surface area contributed by atoms with Crippen LogP contribution >= 0.6 is 0 Å². The number of anilines is 2. The molecule has 0 aliphatic carbocycles. The second-order valence-electron chi connectivity index (χ2n) is 4.78. The molecular formula is C14H22N4. The van der Waals surface area contributed by atoms with Crippen molar-refractivity contribution < 1.29 is 0 Å². The first kappa shape index (κ1) is 14.3. The highest BCUT2D eigenvalue weighted by Gasteiger charge is 2.14. The molecule has 18 heavy (non-hydrogen) atoms. The third-order valence-corrected chi connectivity index (χ3v) is 2.99. The van der Waals surface area contributed by atoms with Gasteiger partial charge in [0.05, 0.1) is 5.56 Å². The van der Waals surface area contributed by atoms with Crippen molar-refractivity contribution in [1.82, 2.24) is 4.90 Å². The number of benzene rings is 1. The molecule has 0 spiro atoms. The summed E-state index contributed by atoms with van der Waals surface area (Å²) in [4.78, 5) is 4.44. The summed E-state index contributed by atoms with van der Waals surface area (Å²) in [7, 11) is 4.13. The van der Waals surface area contributed by atoms with Gasteiger partial charge in [-0.1, -0.05) is 0 Å². The molecule has 98 valence electrons. The summed E-state index contributed by atoms with van der Waals surface area (Å²) in [5, 5.41) is 9.02. The van der Waals surface area contributed by atoms with Gasteiger partial charge in [-0.15, -0.1) is 0 Å². The van der Waals surface area contributed by atoms with Gasteiger partial charge in [0.25, 0.3) is 0 Å². The lowest BCUT2D eigenvalue weighted by Gasteiger charge is -2.32. The maximum Gasteiger partial charge on any atom is 0.101 e. The smallest absolute Gasteiger partial charge is 0.101 e. The van der Waals surface area contributed by atoms with Crippen molar-refractivity contribution in [2.75, 3.05) is 37.8 Å². The number of hydrogen-bond acceptors (Lipinski definition) is 4. The maximum absolute atomic E-state index is 9.02. The van der Waals surface area contributed by atoms with E-state index in [1.165, 1.54) is 0 Å². The summed E-state index contributed by atoms with van der Waals surface area (Å²) in [5.41, 5.74) is 7.89. The molecule has 1 unspecified atom stereocenters. The van der Waals surface area contributed by atoms with E-state index in [0.29, 0.717) is 17.3 Å². The van der Waals surface area contributed by atoms with E-state index in [1.807, 2.05) is 12.1 Å². The highest BCUT2D eigenvalue weighted by atomic mass is 15.2. The molecule has 0 amide bonds. The van der Waals surface area contributed by atoms with Crippen molar-refractivity contribution in [3.63, 3.8) is 0 Å². The van der Waals surface area contributed by atoms with Gasteiger partial charge in [0.2, 0.25) is 0 Å². The SMILES string of the molecule is CCN(c1ccc(N)c(C#N)c1)C(C)CN(C)C. The second kappa shape index (κ2) is 6.27. The van der Waals surface area contributed by atoms with Crippen LogP contribution in [0.4, 0.5) is 11.4 Å². The minimum absolute atomic E-state index is 0.389. The Hall–Kier alpha value is -1.73. The van der Waals surface area contributed by atoms with Gasteiger partial charge < -0.3 is 15.5 Å². The first-order valence-electron chi connectivity index (χ1n) is 6.20. The zero-order valence-electron chi connectivity index (χ0n) is 11.6. The van der Waals surface area contributed by atoms with Crippen LogP contribution in [0.25, 0.3) is 0 Å². The van der Waals surface area contributed by atoms with Gasteiger partial charge in [0.15, 0.2) is 0 Å². The van der Waals surface area contributed by atoms with Crippen LogP contribution in [0.3, 0.4) is 0 Å². The van der Waals surface area contributed by atoms with Gasteiger partial charge in [-0.3, -0.25) is 0 Å². The fourth-order valence-electron chi connectivity index (χ4n) is 2.20. The van der Waals surface area contributed by atoms with E-state index in [4.69, 9.17) is 11.0 Å². The van der Waals surface area contributed by atoms with Crippen molar-refractivity contribution in [2.45, 2.75) is 19.9 Å². The van der Waals surface area contributed by atoms with E-state index in [1.54, 1.807) is 6.07 Å².